The molecule has 20 heavy (non-hydrogen) atoms. The van der Waals surface area contributed by atoms with Crippen LogP contribution in [0.3, 0.4) is 0 Å². The zero-order chi connectivity index (χ0) is 14.9. The highest BCUT2D eigenvalue weighted by molar-refractivity contribution is 5.53. The van der Waals surface area contributed by atoms with Crippen LogP contribution >= 0.6 is 0 Å². The average Bonchev–Trinajstić information content (AvgIpc) is 2.39. The van der Waals surface area contributed by atoms with Crippen LogP contribution in [0.25, 0.3) is 0 Å². The number of alkyl halides is 3. The van der Waals surface area contributed by atoms with Gasteiger partial charge in [-0.05, 0) is 49.4 Å². The maximum Gasteiger partial charge on any atom is 0.416 e. The molecule has 2 N–H and O–H groups in total. The quantitative estimate of drug-likeness (QED) is 0.896. The summed E-state index contributed by atoms with van der Waals surface area (Å²) in [6, 6.07) is 4.67. The fraction of sp³-hybridized carbons (Fsp3) is 0.600. The maximum atomic E-state index is 12.9. The van der Waals surface area contributed by atoms with E-state index in [-0.39, 0.29) is 12.1 Å². The van der Waals surface area contributed by atoms with Gasteiger partial charge in [-0.25, -0.2) is 0 Å². The van der Waals surface area contributed by atoms with Crippen molar-refractivity contribution in [1.29, 1.82) is 0 Å². The van der Waals surface area contributed by atoms with Crippen LogP contribution in [0.5, 0.6) is 0 Å². The van der Waals surface area contributed by atoms with Crippen LogP contribution < -0.4 is 10.6 Å². The van der Waals surface area contributed by atoms with E-state index in [4.69, 9.17) is 5.73 Å². The second kappa shape index (κ2) is 5.64. The molecule has 2 unspecified atom stereocenters. The van der Waals surface area contributed by atoms with Gasteiger partial charge in [-0.1, -0.05) is 6.92 Å². The van der Waals surface area contributed by atoms with Crippen LogP contribution in [-0.2, 0) is 12.7 Å². The molecule has 2 atom stereocenters. The summed E-state index contributed by atoms with van der Waals surface area (Å²) in [7, 11) is 0. The molecule has 0 radical (unpaired) electrons. The van der Waals surface area contributed by atoms with Crippen molar-refractivity contribution in [2.24, 2.45) is 11.7 Å². The van der Waals surface area contributed by atoms with Crippen LogP contribution in [0.2, 0.25) is 0 Å². The molecule has 0 amide bonds. The van der Waals surface area contributed by atoms with E-state index in [9.17, 15) is 13.2 Å². The Morgan fingerprint density at radius 1 is 1.25 bits per heavy atom. The van der Waals surface area contributed by atoms with Gasteiger partial charge in [-0.2, -0.15) is 13.2 Å². The Morgan fingerprint density at radius 2 is 1.95 bits per heavy atom. The molecule has 5 heteroatoms. The Bertz CT molecular complexity index is 471. The zero-order valence-corrected chi connectivity index (χ0v) is 11.9. The Kier molecular flexibility index (Phi) is 4.28. The molecule has 1 aromatic rings. The summed E-state index contributed by atoms with van der Waals surface area (Å²) in [6.07, 6.45) is -2.10. The standard InChI is InChI=1S/C15H21F3N2/c1-10-3-4-11(2)20(9-10)13-5-6-14(15(16,17)18)12(7-13)8-19/h5-7,10-11H,3-4,8-9,19H2,1-2H3. The molecule has 1 aliphatic heterocycles. The van der Waals surface area contributed by atoms with E-state index in [0.29, 0.717) is 12.0 Å². The van der Waals surface area contributed by atoms with Crippen molar-refractivity contribution < 1.29 is 13.2 Å². The molecule has 0 saturated carbocycles. The number of anilines is 1. The third kappa shape index (κ3) is 3.08. The van der Waals surface area contributed by atoms with Crippen molar-refractivity contribution in [2.45, 2.75) is 45.5 Å². The zero-order valence-electron chi connectivity index (χ0n) is 11.9. The summed E-state index contributed by atoms with van der Waals surface area (Å²) in [5.74, 6) is 0.565. The molecule has 1 aromatic carbocycles. The normalized spacial score (nSPS) is 24.0. The third-order valence-corrected chi connectivity index (χ3v) is 4.06. The van der Waals surface area contributed by atoms with Gasteiger partial charge in [0, 0.05) is 24.8 Å². The van der Waals surface area contributed by atoms with Gasteiger partial charge in [-0.15, -0.1) is 0 Å². The smallest absolute Gasteiger partial charge is 0.369 e. The molecule has 0 aliphatic carbocycles. The first-order chi connectivity index (χ1) is 9.32. The van der Waals surface area contributed by atoms with E-state index in [1.807, 2.05) is 0 Å². The minimum absolute atomic E-state index is 0.0968. The molecular weight excluding hydrogens is 265 g/mol. The van der Waals surface area contributed by atoms with Gasteiger partial charge in [-0.3, -0.25) is 0 Å². The average molecular weight is 286 g/mol. The van der Waals surface area contributed by atoms with Gasteiger partial charge >= 0.3 is 6.18 Å². The van der Waals surface area contributed by atoms with E-state index in [2.05, 4.69) is 18.7 Å². The molecule has 2 nitrogen and oxygen atoms in total. The van der Waals surface area contributed by atoms with Crippen molar-refractivity contribution >= 4 is 5.69 Å². The lowest BCUT2D eigenvalue weighted by atomic mass is 9.94. The predicted octanol–water partition coefficient (Wildman–Crippen LogP) is 3.79. The minimum Gasteiger partial charge on any atom is -0.369 e. The predicted molar refractivity (Wildman–Crippen MR) is 74.5 cm³/mol. The fourth-order valence-corrected chi connectivity index (χ4v) is 2.85. The van der Waals surface area contributed by atoms with Gasteiger partial charge in [0.05, 0.1) is 5.56 Å². The number of hydrogen-bond donors (Lipinski definition) is 1. The molecule has 1 fully saturated rings. The Hall–Kier alpha value is -1.23. The summed E-state index contributed by atoms with van der Waals surface area (Å²) in [6.45, 7) is 5.08. The van der Waals surface area contributed by atoms with E-state index in [1.54, 1.807) is 12.1 Å². The van der Waals surface area contributed by atoms with E-state index in [1.165, 1.54) is 6.42 Å². The number of rotatable bonds is 2. The minimum atomic E-state index is -4.34. The third-order valence-electron chi connectivity index (χ3n) is 4.06. The highest BCUT2D eigenvalue weighted by Gasteiger charge is 2.33. The van der Waals surface area contributed by atoms with Crippen LogP contribution in [0.4, 0.5) is 18.9 Å². The van der Waals surface area contributed by atoms with Gasteiger partial charge in [0.1, 0.15) is 0 Å². The van der Waals surface area contributed by atoms with Crippen LogP contribution in [0.15, 0.2) is 18.2 Å². The first-order valence-electron chi connectivity index (χ1n) is 6.99. The Morgan fingerprint density at radius 3 is 2.55 bits per heavy atom. The molecule has 2 rings (SSSR count). The number of benzene rings is 1. The number of halogens is 3. The first-order valence-corrected chi connectivity index (χ1v) is 6.99. The van der Waals surface area contributed by atoms with Crippen molar-refractivity contribution in [2.75, 3.05) is 11.4 Å². The van der Waals surface area contributed by atoms with Gasteiger partial charge in [0.2, 0.25) is 0 Å². The number of nitrogens with zero attached hydrogens (tertiary/aromatic N) is 1. The number of hydrogen-bond acceptors (Lipinski definition) is 2. The summed E-state index contributed by atoms with van der Waals surface area (Å²) < 4.78 is 38.6. The molecule has 1 saturated heterocycles. The molecule has 112 valence electrons. The van der Waals surface area contributed by atoms with E-state index < -0.39 is 11.7 Å². The van der Waals surface area contributed by atoms with Crippen LogP contribution in [-0.4, -0.2) is 12.6 Å². The van der Waals surface area contributed by atoms with Crippen LogP contribution in [0.1, 0.15) is 37.8 Å². The largest absolute Gasteiger partial charge is 0.416 e. The number of piperidine rings is 1. The summed E-state index contributed by atoms with van der Waals surface area (Å²) in [4.78, 5) is 2.19. The molecule has 1 aliphatic rings. The summed E-state index contributed by atoms with van der Waals surface area (Å²) in [5.41, 5.74) is 5.88. The Labute approximate surface area is 117 Å². The monoisotopic (exact) mass is 286 g/mol. The van der Waals surface area contributed by atoms with Crippen molar-refractivity contribution in [1.82, 2.24) is 0 Å². The van der Waals surface area contributed by atoms with Crippen LogP contribution in [0, 0.1) is 5.92 Å². The topological polar surface area (TPSA) is 29.3 Å². The second-order valence-corrected chi connectivity index (χ2v) is 5.73. The summed E-state index contributed by atoms with van der Waals surface area (Å²) >= 11 is 0. The maximum absolute atomic E-state index is 12.9. The van der Waals surface area contributed by atoms with Crippen molar-refractivity contribution in [3.8, 4) is 0 Å². The highest BCUT2D eigenvalue weighted by Crippen LogP contribution is 2.35. The van der Waals surface area contributed by atoms with Gasteiger partial charge in [0.15, 0.2) is 0 Å². The van der Waals surface area contributed by atoms with Gasteiger partial charge in [0.25, 0.3) is 0 Å². The van der Waals surface area contributed by atoms with E-state index >= 15 is 0 Å². The van der Waals surface area contributed by atoms with Gasteiger partial charge < -0.3 is 10.6 Å². The lowest BCUT2D eigenvalue weighted by molar-refractivity contribution is -0.138. The molecule has 0 aromatic heterocycles. The second-order valence-electron chi connectivity index (χ2n) is 5.73. The lowest BCUT2D eigenvalue weighted by Gasteiger charge is -2.39. The number of nitrogens with two attached hydrogens (primary N) is 1. The van der Waals surface area contributed by atoms with Crippen molar-refractivity contribution in [3.63, 3.8) is 0 Å². The Balaban J connectivity index is 2.34. The molecular formula is C15H21F3N2. The molecule has 0 spiro atoms. The summed E-state index contributed by atoms with van der Waals surface area (Å²) in [5, 5.41) is 0. The first kappa shape index (κ1) is 15.2. The molecule has 1 heterocycles. The fourth-order valence-electron chi connectivity index (χ4n) is 2.85. The lowest BCUT2D eigenvalue weighted by Crippen LogP contribution is -2.41. The van der Waals surface area contributed by atoms with E-state index in [0.717, 1.165) is 24.7 Å². The van der Waals surface area contributed by atoms with Crippen molar-refractivity contribution in [3.05, 3.63) is 29.3 Å². The highest BCUT2D eigenvalue weighted by atomic mass is 19.4. The SMILES string of the molecule is CC1CCC(C)N(c2ccc(C(F)(F)F)c(CN)c2)C1. The molecule has 0 bridgehead atoms.